The Morgan fingerprint density at radius 1 is 1.00 bits per heavy atom. The highest BCUT2D eigenvalue weighted by molar-refractivity contribution is 7.92. The van der Waals surface area contributed by atoms with Gasteiger partial charge in [0.1, 0.15) is 11.3 Å². The van der Waals surface area contributed by atoms with E-state index in [4.69, 9.17) is 16.0 Å². The fraction of sp³-hybridized carbons (Fsp3) is 0.0476. The lowest BCUT2D eigenvalue weighted by Crippen LogP contribution is -2.14. The maximum absolute atomic E-state index is 13.0. The molecule has 0 spiro atoms. The first-order valence-electron chi connectivity index (χ1n) is 8.98. The monoisotopic (exact) mass is 474 g/mol. The lowest BCUT2D eigenvalue weighted by molar-refractivity contribution is 0.484. The smallest absolute Gasteiger partial charge is 0.295 e. The number of nitroso groups, excluding NO2 is 1. The Morgan fingerprint density at radius 2 is 1.74 bits per heavy atom. The molecule has 0 saturated heterocycles. The topological polar surface area (TPSA) is 106 Å². The van der Waals surface area contributed by atoms with Crippen molar-refractivity contribution in [3.05, 3.63) is 88.3 Å². The quantitative estimate of drug-likeness (QED) is 0.351. The molecule has 3 aromatic carbocycles. The van der Waals surface area contributed by atoms with Crippen molar-refractivity contribution >= 4 is 54.8 Å². The van der Waals surface area contributed by atoms with Gasteiger partial charge in [-0.25, -0.2) is 0 Å². The van der Waals surface area contributed by atoms with Crippen molar-refractivity contribution in [3.63, 3.8) is 0 Å². The molecule has 7 nitrogen and oxygen atoms in total. The Balaban J connectivity index is 1.68. The highest BCUT2D eigenvalue weighted by atomic mass is 35.5. The zero-order chi connectivity index (χ0) is 22.0. The number of benzene rings is 3. The van der Waals surface area contributed by atoms with Gasteiger partial charge in [-0.2, -0.15) is 8.42 Å². The van der Waals surface area contributed by atoms with Crippen molar-refractivity contribution in [1.29, 1.82) is 0 Å². The van der Waals surface area contributed by atoms with Crippen LogP contribution in [0.15, 0.2) is 92.4 Å². The number of halogens is 1. The molecule has 1 heterocycles. The minimum Gasteiger partial charge on any atom is -0.443 e. The molecule has 0 saturated carbocycles. The number of rotatable bonds is 7. The molecule has 0 aliphatic rings. The largest absolute Gasteiger partial charge is 0.443 e. The number of anilines is 1. The first-order chi connectivity index (χ1) is 14.9. The van der Waals surface area contributed by atoms with E-state index in [1.807, 2.05) is 0 Å². The summed E-state index contributed by atoms with van der Waals surface area (Å²) in [4.78, 5) is 11.2. The first kappa shape index (κ1) is 21.2. The van der Waals surface area contributed by atoms with Crippen LogP contribution in [0, 0.1) is 4.91 Å². The summed E-state index contributed by atoms with van der Waals surface area (Å²) in [7, 11) is -5.80. The van der Waals surface area contributed by atoms with Gasteiger partial charge >= 0.3 is 0 Å². The van der Waals surface area contributed by atoms with Gasteiger partial charge in [0.25, 0.3) is 10.0 Å². The Hall–Kier alpha value is -3.01. The second-order valence-electron chi connectivity index (χ2n) is 6.56. The number of hydrogen-bond donors (Lipinski definition) is 1. The molecule has 0 bridgehead atoms. The molecular formula is C21H15ClN2O5S2. The standard InChI is InChI=1S/C21H15ClN2O5S2/c22-16-9-10-20(30(26)13-15-6-1-3-7-17(15)23-25)18(12-16)24-31(27,28)21-11-14-5-2-4-8-19(14)29-21/h1-12,24H,13H2. The number of nitrogens with one attached hydrogen (secondary N) is 1. The lowest BCUT2D eigenvalue weighted by atomic mass is 10.2. The number of para-hydroxylation sites is 1. The summed E-state index contributed by atoms with van der Waals surface area (Å²) >= 11 is 6.05. The zero-order valence-corrected chi connectivity index (χ0v) is 18.2. The second kappa shape index (κ2) is 8.62. The molecule has 0 radical (unpaired) electrons. The van der Waals surface area contributed by atoms with Crippen LogP contribution in [0.3, 0.4) is 0 Å². The van der Waals surface area contributed by atoms with Crippen molar-refractivity contribution in [2.45, 2.75) is 15.7 Å². The average Bonchev–Trinajstić information content (AvgIpc) is 3.19. The Bertz CT molecular complexity index is 1380. The van der Waals surface area contributed by atoms with Crippen LogP contribution in [0.1, 0.15) is 5.56 Å². The van der Waals surface area contributed by atoms with Gasteiger partial charge in [0, 0.05) is 16.5 Å². The SMILES string of the molecule is O=Nc1ccccc1CS(=O)c1ccc(Cl)cc1NS(=O)(=O)c1cc2ccccc2o1. The lowest BCUT2D eigenvalue weighted by Gasteiger charge is -2.12. The molecule has 0 fully saturated rings. The van der Waals surface area contributed by atoms with Crippen molar-refractivity contribution in [3.8, 4) is 0 Å². The first-order valence-corrected chi connectivity index (χ1v) is 12.2. The number of nitrogens with zero attached hydrogens (tertiary/aromatic N) is 1. The van der Waals surface area contributed by atoms with E-state index in [0.29, 0.717) is 16.5 Å². The molecule has 1 atom stereocenters. The summed E-state index contributed by atoms with van der Waals surface area (Å²) in [5.41, 5.74) is 1.14. The van der Waals surface area contributed by atoms with E-state index in [1.54, 1.807) is 42.5 Å². The van der Waals surface area contributed by atoms with Gasteiger partial charge in [-0.1, -0.05) is 48.0 Å². The molecule has 10 heteroatoms. The summed E-state index contributed by atoms with van der Waals surface area (Å²) in [6.45, 7) is 0. The van der Waals surface area contributed by atoms with Gasteiger partial charge in [0.2, 0.25) is 5.09 Å². The molecule has 4 rings (SSSR count). The average molecular weight is 475 g/mol. The third-order valence-electron chi connectivity index (χ3n) is 4.48. The van der Waals surface area contributed by atoms with Crippen LogP contribution in [-0.4, -0.2) is 12.6 Å². The number of fused-ring (bicyclic) bond motifs is 1. The summed E-state index contributed by atoms with van der Waals surface area (Å²) in [6.07, 6.45) is 0. The van der Waals surface area contributed by atoms with E-state index in [0.717, 1.165) is 0 Å². The molecular weight excluding hydrogens is 460 g/mol. The summed E-state index contributed by atoms with van der Waals surface area (Å²) < 4.78 is 46.7. The van der Waals surface area contributed by atoms with Crippen molar-refractivity contribution in [1.82, 2.24) is 0 Å². The van der Waals surface area contributed by atoms with Crippen LogP contribution < -0.4 is 4.72 Å². The van der Waals surface area contributed by atoms with E-state index in [-0.39, 0.29) is 32.1 Å². The molecule has 1 N–H and O–H groups in total. The van der Waals surface area contributed by atoms with Crippen LogP contribution in [0.4, 0.5) is 11.4 Å². The van der Waals surface area contributed by atoms with Gasteiger partial charge in [-0.05, 0) is 41.1 Å². The predicted octanol–water partition coefficient (Wildman–Crippen LogP) is 5.59. The van der Waals surface area contributed by atoms with Crippen LogP contribution >= 0.6 is 11.6 Å². The van der Waals surface area contributed by atoms with Crippen molar-refractivity contribution in [2.24, 2.45) is 5.18 Å². The van der Waals surface area contributed by atoms with E-state index in [9.17, 15) is 17.5 Å². The van der Waals surface area contributed by atoms with Gasteiger partial charge in [-0.3, -0.25) is 8.93 Å². The van der Waals surface area contributed by atoms with Crippen LogP contribution in [0.25, 0.3) is 11.0 Å². The second-order valence-corrected chi connectivity index (χ2v) is 10.0. The molecule has 4 aromatic rings. The molecule has 1 unspecified atom stereocenters. The predicted molar refractivity (Wildman–Crippen MR) is 120 cm³/mol. The van der Waals surface area contributed by atoms with Gasteiger partial charge in [0.15, 0.2) is 0 Å². The van der Waals surface area contributed by atoms with Gasteiger partial charge in [0.05, 0.1) is 27.1 Å². The minimum absolute atomic E-state index is 0.0249. The fourth-order valence-electron chi connectivity index (χ4n) is 3.01. The highest BCUT2D eigenvalue weighted by Crippen LogP contribution is 2.31. The number of sulfonamides is 1. The van der Waals surface area contributed by atoms with Crippen LogP contribution in [0.5, 0.6) is 0 Å². The van der Waals surface area contributed by atoms with E-state index >= 15 is 0 Å². The maximum atomic E-state index is 13.0. The molecule has 0 amide bonds. The Kier molecular flexibility index (Phi) is 5.90. The molecule has 0 aliphatic heterocycles. The third kappa shape index (κ3) is 4.53. The van der Waals surface area contributed by atoms with Crippen LogP contribution in [0.2, 0.25) is 5.02 Å². The minimum atomic E-state index is -4.11. The summed E-state index contributed by atoms with van der Waals surface area (Å²) in [6, 6.07) is 19.2. The summed E-state index contributed by atoms with van der Waals surface area (Å²) in [5.74, 6) is -0.0249. The molecule has 0 aliphatic carbocycles. The fourth-order valence-corrected chi connectivity index (χ4v) is 5.54. The Morgan fingerprint density at radius 3 is 2.52 bits per heavy atom. The van der Waals surface area contributed by atoms with E-state index < -0.39 is 20.8 Å². The Labute approximate surface area is 185 Å². The third-order valence-corrected chi connectivity index (χ3v) is 7.35. The van der Waals surface area contributed by atoms with Crippen molar-refractivity contribution < 1.29 is 17.0 Å². The number of hydrogen-bond acceptors (Lipinski definition) is 6. The van der Waals surface area contributed by atoms with Gasteiger partial charge in [-0.15, -0.1) is 4.91 Å². The summed E-state index contributed by atoms with van der Waals surface area (Å²) in [5, 5.41) is 3.56. The zero-order valence-electron chi connectivity index (χ0n) is 15.8. The normalized spacial score (nSPS) is 12.5. The molecule has 1 aromatic heterocycles. The maximum Gasteiger partial charge on any atom is 0.295 e. The van der Waals surface area contributed by atoms with Crippen molar-refractivity contribution in [2.75, 3.05) is 4.72 Å². The number of furan rings is 1. The van der Waals surface area contributed by atoms with E-state index in [1.165, 1.54) is 30.3 Å². The highest BCUT2D eigenvalue weighted by Gasteiger charge is 2.23. The molecule has 31 heavy (non-hydrogen) atoms. The van der Waals surface area contributed by atoms with E-state index in [2.05, 4.69) is 9.90 Å². The van der Waals surface area contributed by atoms with Crippen LogP contribution in [-0.2, 0) is 26.6 Å². The molecule has 158 valence electrons. The van der Waals surface area contributed by atoms with Gasteiger partial charge < -0.3 is 4.42 Å².